The van der Waals surface area contributed by atoms with Crippen LogP contribution in [0, 0.1) is 0 Å². The highest BCUT2D eigenvalue weighted by Gasteiger charge is 2.06. The van der Waals surface area contributed by atoms with Crippen LogP contribution in [0.2, 0.25) is 0 Å². The summed E-state index contributed by atoms with van der Waals surface area (Å²) in [5, 5.41) is 1.98. The monoisotopic (exact) mass is 226 g/mol. The van der Waals surface area contributed by atoms with Gasteiger partial charge in [-0.05, 0) is 11.5 Å². The quantitative estimate of drug-likeness (QED) is 0.465. The Labute approximate surface area is 96.1 Å². The van der Waals surface area contributed by atoms with Gasteiger partial charge in [0.25, 0.3) is 0 Å². The summed E-state index contributed by atoms with van der Waals surface area (Å²) in [7, 11) is 1.61. The maximum absolute atomic E-state index is 11.5. The average Bonchev–Trinajstić information content (AvgIpc) is 2.36. The normalized spacial score (nSPS) is 11.1. The van der Waals surface area contributed by atoms with Crippen LogP contribution in [-0.4, -0.2) is 9.55 Å². The van der Waals surface area contributed by atoms with Crippen molar-refractivity contribution in [3.05, 3.63) is 57.1 Å². The topological polar surface area (TPSA) is 54.9 Å². The summed E-state index contributed by atoms with van der Waals surface area (Å²) < 4.78 is 1.38. The first kappa shape index (κ1) is 9.84. The molecule has 4 nitrogen and oxygen atoms in total. The number of aromatic nitrogens is 2. The molecule has 0 aliphatic heterocycles. The lowest BCUT2D eigenvalue weighted by molar-refractivity contribution is 0.875. The molecule has 2 aromatic carbocycles. The SMILES string of the molecule is Cn1c(=O)c(=O)[nH]c2c3ccccc3ccc21. The van der Waals surface area contributed by atoms with Gasteiger partial charge < -0.3 is 9.55 Å². The summed E-state index contributed by atoms with van der Waals surface area (Å²) in [5.41, 5.74) is 0.313. The van der Waals surface area contributed by atoms with Crippen molar-refractivity contribution >= 4 is 21.8 Å². The number of hydrogen-bond donors (Lipinski definition) is 1. The van der Waals surface area contributed by atoms with Gasteiger partial charge in [-0.25, -0.2) is 0 Å². The minimum atomic E-state index is -0.587. The first-order valence-corrected chi connectivity index (χ1v) is 5.29. The Morgan fingerprint density at radius 1 is 1.06 bits per heavy atom. The van der Waals surface area contributed by atoms with E-state index in [1.54, 1.807) is 7.05 Å². The lowest BCUT2D eigenvalue weighted by atomic mass is 10.1. The molecule has 1 heterocycles. The summed E-state index contributed by atoms with van der Waals surface area (Å²) in [6, 6.07) is 11.5. The molecular weight excluding hydrogens is 216 g/mol. The molecule has 1 aromatic heterocycles. The zero-order chi connectivity index (χ0) is 12.0. The molecule has 0 aliphatic carbocycles. The third-order valence-corrected chi connectivity index (χ3v) is 3.01. The zero-order valence-corrected chi connectivity index (χ0v) is 9.23. The summed E-state index contributed by atoms with van der Waals surface area (Å²) >= 11 is 0. The average molecular weight is 226 g/mol. The molecule has 0 saturated carbocycles. The molecule has 1 N–H and O–H groups in total. The second-order valence-electron chi connectivity index (χ2n) is 4.00. The van der Waals surface area contributed by atoms with Gasteiger partial charge in [0.2, 0.25) is 0 Å². The number of fused-ring (bicyclic) bond motifs is 3. The molecule has 0 fully saturated rings. The minimum absolute atomic E-state index is 0.534. The molecule has 0 bridgehead atoms. The zero-order valence-electron chi connectivity index (χ0n) is 9.23. The second kappa shape index (κ2) is 3.31. The maximum Gasteiger partial charge on any atom is 0.316 e. The van der Waals surface area contributed by atoms with Crippen LogP contribution in [-0.2, 0) is 7.05 Å². The number of benzene rings is 2. The minimum Gasteiger partial charge on any atom is -0.315 e. The Balaban J connectivity index is 2.69. The predicted molar refractivity (Wildman–Crippen MR) is 67.3 cm³/mol. The number of aryl methyl sites for hydroxylation is 1. The van der Waals surface area contributed by atoms with Gasteiger partial charge in [-0.3, -0.25) is 9.59 Å². The molecule has 4 heteroatoms. The van der Waals surface area contributed by atoms with Gasteiger partial charge in [0.05, 0.1) is 11.0 Å². The summed E-state index contributed by atoms with van der Waals surface area (Å²) in [4.78, 5) is 25.7. The fourth-order valence-corrected chi connectivity index (χ4v) is 2.10. The summed E-state index contributed by atoms with van der Waals surface area (Å²) in [6.07, 6.45) is 0. The van der Waals surface area contributed by atoms with E-state index < -0.39 is 11.1 Å². The summed E-state index contributed by atoms with van der Waals surface area (Å²) in [6.45, 7) is 0. The van der Waals surface area contributed by atoms with Gasteiger partial charge in [-0.15, -0.1) is 0 Å². The van der Waals surface area contributed by atoms with Crippen LogP contribution < -0.4 is 11.1 Å². The van der Waals surface area contributed by atoms with Gasteiger partial charge >= 0.3 is 11.1 Å². The molecule has 3 rings (SSSR count). The van der Waals surface area contributed by atoms with E-state index >= 15 is 0 Å². The van der Waals surface area contributed by atoms with E-state index in [4.69, 9.17) is 0 Å². The predicted octanol–water partition coefficient (Wildman–Crippen LogP) is 1.38. The van der Waals surface area contributed by atoms with Crippen LogP contribution in [0.15, 0.2) is 46.0 Å². The van der Waals surface area contributed by atoms with E-state index in [0.717, 1.165) is 16.3 Å². The highest BCUT2D eigenvalue weighted by molar-refractivity contribution is 6.03. The molecule has 0 radical (unpaired) electrons. The lowest BCUT2D eigenvalue weighted by Gasteiger charge is -2.06. The van der Waals surface area contributed by atoms with Crippen molar-refractivity contribution in [2.75, 3.05) is 0 Å². The highest BCUT2D eigenvalue weighted by atomic mass is 16.2. The van der Waals surface area contributed by atoms with Crippen LogP contribution in [0.5, 0.6) is 0 Å². The van der Waals surface area contributed by atoms with Crippen molar-refractivity contribution in [1.82, 2.24) is 9.55 Å². The van der Waals surface area contributed by atoms with Crippen molar-refractivity contribution in [2.45, 2.75) is 0 Å². The molecule has 0 unspecified atom stereocenters. The standard InChI is InChI=1S/C13H10N2O2/c1-15-10-7-6-8-4-2-3-5-9(8)11(10)14-12(16)13(15)17/h2-7H,1H3,(H,14,16). The number of nitrogens with one attached hydrogen (secondary N) is 1. The fourth-order valence-electron chi connectivity index (χ4n) is 2.10. The van der Waals surface area contributed by atoms with Crippen molar-refractivity contribution in [1.29, 1.82) is 0 Å². The number of rotatable bonds is 0. The largest absolute Gasteiger partial charge is 0.316 e. The van der Waals surface area contributed by atoms with Crippen LogP contribution in [0.1, 0.15) is 0 Å². The molecule has 0 aliphatic rings. The highest BCUT2D eigenvalue weighted by Crippen LogP contribution is 2.21. The molecule has 0 spiro atoms. The molecular formula is C13H10N2O2. The Morgan fingerprint density at radius 2 is 1.82 bits per heavy atom. The molecule has 17 heavy (non-hydrogen) atoms. The number of hydrogen-bond acceptors (Lipinski definition) is 2. The molecule has 0 amide bonds. The van der Waals surface area contributed by atoms with E-state index in [-0.39, 0.29) is 0 Å². The van der Waals surface area contributed by atoms with Gasteiger partial charge in [0.15, 0.2) is 0 Å². The van der Waals surface area contributed by atoms with Crippen LogP contribution in [0.25, 0.3) is 21.8 Å². The van der Waals surface area contributed by atoms with Gasteiger partial charge in [0, 0.05) is 12.4 Å². The molecule has 3 aromatic rings. The third-order valence-electron chi connectivity index (χ3n) is 3.01. The van der Waals surface area contributed by atoms with Crippen LogP contribution >= 0.6 is 0 Å². The Bertz CT molecular complexity index is 843. The Morgan fingerprint density at radius 3 is 2.65 bits per heavy atom. The van der Waals surface area contributed by atoms with E-state index in [9.17, 15) is 9.59 Å². The van der Waals surface area contributed by atoms with Gasteiger partial charge in [-0.2, -0.15) is 0 Å². The third kappa shape index (κ3) is 1.30. The van der Waals surface area contributed by atoms with E-state index in [1.807, 2.05) is 36.4 Å². The van der Waals surface area contributed by atoms with E-state index in [2.05, 4.69) is 4.98 Å². The van der Waals surface area contributed by atoms with Crippen molar-refractivity contribution in [3.63, 3.8) is 0 Å². The van der Waals surface area contributed by atoms with Crippen molar-refractivity contribution in [2.24, 2.45) is 7.05 Å². The molecule has 0 atom stereocenters. The Kier molecular flexibility index (Phi) is 1.92. The number of H-pyrrole nitrogens is 1. The van der Waals surface area contributed by atoms with Crippen molar-refractivity contribution in [3.8, 4) is 0 Å². The van der Waals surface area contributed by atoms with Gasteiger partial charge in [0.1, 0.15) is 0 Å². The first-order valence-electron chi connectivity index (χ1n) is 5.29. The molecule has 0 saturated heterocycles. The molecule has 84 valence electrons. The van der Waals surface area contributed by atoms with E-state index in [0.29, 0.717) is 5.52 Å². The summed E-state index contributed by atoms with van der Waals surface area (Å²) in [5.74, 6) is 0. The van der Waals surface area contributed by atoms with Crippen LogP contribution in [0.3, 0.4) is 0 Å². The smallest absolute Gasteiger partial charge is 0.315 e. The van der Waals surface area contributed by atoms with E-state index in [1.165, 1.54) is 4.57 Å². The lowest BCUT2D eigenvalue weighted by Crippen LogP contribution is -2.34. The number of nitrogens with zero attached hydrogens (tertiary/aromatic N) is 1. The van der Waals surface area contributed by atoms with Crippen molar-refractivity contribution < 1.29 is 0 Å². The maximum atomic E-state index is 11.5. The first-order chi connectivity index (χ1) is 8.18. The fraction of sp³-hybridized carbons (Fsp3) is 0.0769. The van der Waals surface area contributed by atoms with Crippen LogP contribution in [0.4, 0.5) is 0 Å². The van der Waals surface area contributed by atoms with Gasteiger partial charge in [-0.1, -0.05) is 30.3 Å². The second-order valence-corrected chi connectivity index (χ2v) is 4.00. The number of aromatic amines is 1. The Hall–Kier alpha value is -2.36.